The molecule has 0 amide bonds. The molecule has 19 heavy (non-hydrogen) atoms. The van der Waals surface area contributed by atoms with Crippen LogP contribution in [0.4, 0.5) is 0 Å². The first-order valence-corrected chi connectivity index (χ1v) is 8.71. The van der Waals surface area contributed by atoms with Gasteiger partial charge < -0.3 is 5.32 Å². The standard InChI is InChI=1S/C17H27NS/c1-3-10-18-12-16-8-9-17(11-14(16)2)19-13-15-6-4-5-7-15/h8-9,11,15,18H,3-7,10,12-13H2,1-2H3. The van der Waals surface area contributed by atoms with Gasteiger partial charge in [-0.25, -0.2) is 0 Å². The fourth-order valence-corrected chi connectivity index (χ4v) is 3.93. The van der Waals surface area contributed by atoms with Crippen molar-refractivity contribution in [3.05, 3.63) is 29.3 Å². The minimum atomic E-state index is 0.969. The topological polar surface area (TPSA) is 12.0 Å². The molecule has 2 heteroatoms. The number of nitrogens with one attached hydrogen (secondary N) is 1. The van der Waals surface area contributed by atoms with Gasteiger partial charge in [0.15, 0.2) is 0 Å². The van der Waals surface area contributed by atoms with E-state index in [1.54, 1.807) is 0 Å². The van der Waals surface area contributed by atoms with Gasteiger partial charge in [0.2, 0.25) is 0 Å². The maximum Gasteiger partial charge on any atom is 0.0208 e. The SMILES string of the molecule is CCCNCc1ccc(SCC2CCCC2)cc1C. The Kier molecular flexibility index (Phi) is 6.25. The number of hydrogen-bond acceptors (Lipinski definition) is 2. The van der Waals surface area contributed by atoms with E-state index in [9.17, 15) is 0 Å². The highest BCUT2D eigenvalue weighted by molar-refractivity contribution is 7.99. The molecule has 1 saturated carbocycles. The van der Waals surface area contributed by atoms with E-state index in [4.69, 9.17) is 0 Å². The van der Waals surface area contributed by atoms with E-state index < -0.39 is 0 Å². The van der Waals surface area contributed by atoms with Crippen LogP contribution in [0.1, 0.15) is 50.2 Å². The van der Waals surface area contributed by atoms with Crippen LogP contribution in [0.15, 0.2) is 23.1 Å². The normalized spacial score (nSPS) is 16.1. The van der Waals surface area contributed by atoms with E-state index in [2.05, 4.69) is 37.4 Å². The Hall–Kier alpha value is -0.470. The number of rotatable bonds is 7. The molecule has 2 rings (SSSR count). The third-order valence-corrected chi connectivity index (χ3v) is 5.24. The molecule has 0 unspecified atom stereocenters. The summed E-state index contributed by atoms with van der Waals surface area (Å²) in [7, 11) is 0. The van der Waals surface area contributed by atoms with Crippen molar-refractivity contribution in [1.82, 2.24) is 5.32 Å². The summed E-state index contributed by atoms with van der Waals surface area (Å²) in [6.45, 7) is 6.57. The van der Waals surface area contributed by atoms with Crippen molar-refractivity contribution in [2.45, 2.75) is 57.4 Å². The highest BCUT2D eigenvalue weighted by atomic mass is 32.2. The Labute approximate surface area is 122 Å². The number of thioether (sulfide) groups is 1. The molecule has 1 fully saturated rings. The lowest BCUT2D eigenvalue weighted by Crippen LogP contribution is -2.14. The lowest BCUT2D eigenvalue weighted by atomic mass is 10.1. The van der Waals surface area contributed by atoms with E-state index in [1.807, 2.05) is 11.8 Å². The maximum atomic E-state index is 3.48. The second-order valence-corrected chi connectivity index (χ2v) is 6.82. The molecule has 1 aliphatic carbocycles. The van der Waals surface area contributed by atoms with Gasteiger partial charge in [-0.2, -0.15) is 0 Å². The summed E-state index contributed by atoms with van der Waals surface area (Å²) in [5.41, 5.74) is 2.87. The molecule has 1 aromatic rings. The fourth-order valence-electron chi connectivity index (χ4n) is 2.75. The van der Waals surface area contributed by atoms with Crippen molar-refractivity contribution < 1.29 is 0 Å². The summed E-state index contributed by atoms with van der Waals surface area (Å²) in [6, 6.07) is 6.97. The van der Waals surface area contributed by atoms with Gasteiger partial charge in [-0.05, 0) is 61.9 Å². The molecular formula is C17H27NS. The maximum absolute atomic E-state index is 3.48. The summed E-state index contributed by atoms with van der Waals surface area (Å²) in [4.78, 5) is 1.45. The van der Waals surface area contributed by atoms with Gasteiger partial charge in [0.25, 0.3) is 0 Å². The first kappa shape index (κ1) is 14.9. The van der Waals surface area contributed by atoms with Gasteiger partial charge in [-0.15, -0.1) is 11.8 Å². The lowest BCUT2D eigenvalue weighted by Gasteiger charge is -2.11. The zero-order chi connectivity index (χ0) is 13.5. The molecular weight excluding hydrogens is 250 g/mol. The predicted octanol–water partition coefficient (Wildman–Crippen LogP) is 4.78. The quantitative estimate of drug-likeness (QED) is 0.569. The van der Waals surface area contributed by atoms with Gasteiger partial charge in [-0.3, -0.25) is 0 Å². The molecule has 0 heterocycles. The number of benzene rings is 1. The predicted molar refractivity (Wildman–Crippen MR) is 85.9 cm³/mol. The van der Waals surface area contributed by atoms with Crippen LogP contribution < -0.4 is 5.32 Å². The van der Waals surface area contributed by atoms with E-state index >= 15 is 0 Å². The zero-order valence-corrected chi connectivity index (χ0v) is 13.2. The average Bonchev–Trinajstić information content (AvgIpc) is 2.92. The highest BCUT2D eigenvalue weighted by Gasteiger charge is 2.15. The van der Waals surface area contributed by atoms with Gasteiger partial charge in [-0.1, -0.05) is 25.8 Å². The molecule has 1 nitrogen and oxygen atoms in total. The zero-order valence-electron chi connectivity index (χ0n) is 12.4. The van der Waals surface area contributed by atoms with Crippen LogP contribution in [0.2, 0.25) is 0 Å². The summed E-state index contributed by atoms with van der Waals surface area (Å²) in [6.07, 6.45) is 7.00. The average molecular weight is 277 g/mol. The van der Waals surface area contributed by atoms with E-state index in [1.165, 1.54) is 53.9 Å². The smallest absolute Gasteiger partial charge is 0.0208 e. The molecule has 1 aromatic carbocycles. The highest BCUT2D eigenvalue weighted by Crippen LogP contribution is 2.31. The van der Waals surface area contributed by atoms with Crippen LogP contribution in [-0.2, 0) is 6.54 Å². The van der Waals surface area contributed by atoms with Crippen LogP contribution >= 0.6 is 11.8 Å². The summed E-state index contributed by atoms with van der Waals surface area (Å²) < 4.78 is 0. The Balaban J connectivity index is 1.83. The monoisotopic (exact) mass is 277 g/mol. The van der Waals surface area contributed by atoms with Crippen molar-refractivity contribution >= 4 is 11.8 Å². The molecule has 1 aliphatic rings. The molecule has 0 aromatic heterocycles. The Morgan fingerprint density at radius 3 is 2.74 bits per heavy atom. The van der Waals surface area contributed by atoms with E-state index in [0.29, 0.717) is 0 Å². The molecule has 0 spiro atoms. The molecule has 0 atom stereocenters. The van der Waals surface area contributed by atoms with E-state index in [-0.39, 0.29) is 0 Å². The third-order valence-electron chi connectivity index (χ3n) is 4.02. The Morgan fingerprint density at radius 1 is 1.26 bits per heavy atom. The van der Waals surface area contributed by atoms with Crippen LogP contribution in [-0.4, -0.2) is 12.3 Å². The molecule has 0 bridgehead atoms. The van der Waals surface area contributed by atoms with Crippen molar-refractivity contribution in [3.8, 4) is 0 Å². The van der Waals surface area contributed by atoms with Crippen LogP contribution in [0.25, 0.3) is 0 Å². The molecule has 0 aliphatic heterocycles. The largest absolute Gasteiger partial charge is 0.313 e. The van der Waals surface area contributed by atoms with Crippen molar-refractivity contribution in [2.24, 2.45) is 5.92 Å². The minimum Gasteiger partial charge on any atom is -0.313 e. The first-order chi connectivity index (χ1) is 9.29. The molecule has 1 N–H and O–H groups in total. The van der Waals surface area contributed by atoms with Crippen molar-refractivity contribution in [2.75, 3.05) is 12.3 Å². The van der Waals surface area contributed by atoms with E-state index in [0.717, 1.165) is 19.0 Å². The van der Waals surface area contributed by atoms with Crippen molar-refractivity contribution in [1.29, 1.82) is 0 Å². The molecule has 0 radical (unpaired) electrons. The minimum absolute atomic E-state index is 0.969. The van der Waals surface area contributed by atoms with Crippen LogP contribution in [0.5, 0.6) is 0 Å². The van der Waals surface area contributed by atoms with Crippen LogP contribution in [0, 0.1) is 12.8 Å². The van der Waals surface area contributed by atoms with Gasteiger partial charge in [0.1, 0.15) is 0 Å². The summed E-state index contributed by atoms with van der Waals surface area (Å²) >= 11 is 2.05. The summed E-state index contributed by atoms with van der Waals surface area (Å²) in [5, 5.41) is 3.48. The Bertz CT molecular complexity index is 383. The van der Waals surface area contributed by atoms with Gasteiger partial charge >= 0.3 is 0 Å². The number of aryl methyl sites for hydroxylation is 1. The first-order valence-electron chi connectivity index (χ1n) is 7.72. The van der Waals surface area contributed by atoms with Gasteiger partial charge in [0.05, 0.1) is 0 Å². The van der Waals surface area contributed by atoms with Gasteiger partial charge in [0, 0.05) is 17.2 Å². The molecule has 0 saturated heterocycles. The number of hydrogen-bond donors (Lipinski definition) is 1. The van der Waals surface area contributed by atoms with Crippen molar-refractivity contribution in [3.63, 3.8) is 0 Å². The third kappa shape index (κ3) is 4.85. The fraction of sp³-hybridized carbons (Fsp3) is 0.647. The second-order valence-electron chi connectivity index (χ2n) is 5.73. The molecule has 106 valence electrons. The second kappa shape index (κ2) is 7.96. The van der Waals surface area contributed by atoms with Crippen LogP contribution in [0.3, 0.4) is 0 Å². The Morgan fingerprint density at radius 2 is 2.05 bits per heavy atom. The lowest BCUT2D eigenvalue weighted by molar-refractivity contribution is 0.623. The summed E-state index contributed by atoms with van der Waals surface area (Å²) in [5.74, 6) is 2.28.